The van der Waals surface area contributed by atoms with Crippen LogP contribution in [-0.4, -0.2) is 57.1 Å². The van der Waals surface area contributed by atoms with Crippen LogP contribution in [0.1, 0.15) is 30.4 Å². The molecule has 1 aliphatic rings. The first kappa shape index (κ1) is 17.5. The molecular weight excluding hydrogens is 318 g/mol. The Morgan fingerprint density at radius 2 is 2.04 bits per heavy atom. The number of amides is 1. The number of hydrogen-bond acceptors (Lipinski definition) is 5. The first-order chi connectivity index (χ1) is 11.9. The van der Waals surface area contributed by atoms with Gasteiger partial charge in [-0.15, -0.1) is 0 Å². The Hall–Kier alpha value is -2.35. The van der Waals surface area contributed by atoms with Gasteiger partial charge in [-0.2, -0.15) is 0 Å². The quantitative estimate of drug-likeness (QED) is 0.862. The summed E-state index contributed by atoms with van der Waals surface area (Å²) in [5.41, 5.74) is 1.11. The van der Waals surface area contributed by atoms with Crippen LogP contribution in [0.25, 0.3) is 0 Å². The molecule has 0 bridgehead atoms. The van der Waals surface area contributed by atoms with E-state index in [1.807, 2.05) is 62.0 Å². The van der Waals surface area contributed by atoms with Crippen molar-refractivity contribution in [3.05, 3.63) is 30.1 Å². The smallest absolute Gasteiger partial charge is 0.223 e. The van der Waals surface area contributed by atoms with Crippen LogP contribution in [0.15, 0.2) is 18.6 Å². The number of aromatic nitrogens is 4. The number of hydrogen-bond donors (Lipinski definition) is 1. The van der Waals surface area contributed by atoms with Crippen LogP contribution >= 0.6 is 0 Å². The Balaban J connectivity index is 1.78. The highest BCUT2D eigenvalue weighted by Crippen LogP contribution is 2.30. The molecule has 25 heavy (non-hydrogen) atoms. The van der Waals surface area contributed by atoms with Gasteiger partial charge in [-0.3, -0.25) is 4.79 Å². The lowest BCUT2D eigenvalue weighted by Gasteiger charge is -2.39. The van der Waals surface area contributed by atoms with Crippen molar-refractivity contribution >= 4 is 11.9 Å². The highest BCUT2D eigenvalue weighted by molar-refractivity contribution is 5.77. The molecule has 2 atom stereocenters. The fourth-order valence-corrected chi connectivity index (χ4v) is 3.52. The van der Waals surface area contributed by atoms with Gasteiger partial charge in [0.15, 0.2) is 0 Å². The van der Waals surface area contributed by atoms with Crippen LogP contribution in [0.2, 0.25) is 0 Å². The molecule has 1 saturated heterocycles. The average molecular weight is 345 g/mol. The van der Waals surface area contributed by atoms with Crippen LogP contribution in [0, 0.1) is 0 Å². The van der Waals surface area contributed by atoms with Gasteiger partial charge in [0.2, 0.25) is 11.9 Å². The highest BCUT2D eigenvalue weighted by atomic mass is 16.2. The Bertz CT molecular complexity index is 748. The Kier molecular flexibility index (Phi) is 4.80. The second-order valence-electron chi connectivity index (χ2n) is 6.87. The number of nitrogens with zero attached hydrogens (tertiary/aromatic N) is 6. The summed E-state index contributed by atoms with van der Waals surface area (Å²) in [6.07, 6.45) is 6.96. The number of carbonyl (C=O) groups is 1. The third-order valence-corrected chi connectivity index (χ3v) is 4.99. The summed E-state index contributed by atoms with van der Waals surface area (Å²) in [5, 5.41) is 3.62. The van der Waals surface area contributed by atoms with Gasteiger partial charge in [0.1, 0.15) is 11.9 Å². The molecule has 0 spiro atoms. The molecule has 1 amide bonds. The number of likely N-dealkylation sites (N-methyl/N-ethyl adjacent to an activating group) is 1. The summed E-state index contributed by atoms with van der Waals surface area (Å²) in [4.78, 5) is 25.0. The molecule has 2 aromatic heterocycles. The molecule has 8 nitrogen and oxygen atoms in total. The number of carbonyl (C=O) groups excluding carboxylic acids is 1. The van der Waals surface area contributed by atoms with Gasteiger partial charge >= 0.3 is 0 Å². The van der Waals surface area contributed by atoms with Crippen LogP contribution in [0.3, 0.4) is 0 Å². The van der Waals surface area contributed by atoms with E-state index in [-0.39, 0.29) is 18.0 Å². The first-order valence-corrected chi connectivity index (χ1v) is 8.54. The van der Waals surface area contributed by atoms with Crippen molar-refractivity contribution in [2.24, 2.45) is 14.1 Å². The molecule has 1 N–H and O–H groups in total. The molecule has 1 fully saturated rings. The molecule has 136 valence electrons. The minimum Gasteiger partial charge on any atom is -0.348 e. The molecule has 8 heteroatoms. The van der Waals surface area contributed by atoms with E-state index in [2.05, 4.69) is 19.9 Å². The number of likely N-dealkylation sites (tertiary alicyclic amines) is 1. The minimum absolute atomic E-state index is 0.0669. The van der Waals surface area contributed by atoms with Crippen molar-refractivity contribution in [1.82, 2.24) is 29.3 Å². The van der Waals surface area contributed by atoms with E-state index in [4.69, 9.17) is 0 Å². The summed E-state index contributed by atoms with van der Waals surface area (Å²) >= 11 is 0. The van der Waals surface area contributed by atoms with Gasteiger partial charge in [0.05, 0.1) is 11.9 Å². The van der Waals surface area contributed by atoms with E-state index in [1.54, 1.807) is 6.20 Å². The predicted molar refractivity (Wildman–Crippen MR) is 96.1 cm³/mol. The van der Waals surface area contributed by atoms with E-state index in [9.17, 15) is 4.79 Å². The Morgan fingerprint density at radius 3 is 2.64 bits per heavy atom. The van der Waals surface area contributed by atoms with Crippen LogP contribution in [0.4, 0.5) is 5.95 Å². The number of aryl methyl sites for hydroxylation is 1. The van der Waals surface area contributed by atoms with Crippen molar-refractivity contribution in [2.45, 2.75) is 31.5 Å². The molecule has 2 aromatic rings. The van der Waals surface area contributed by atoms with Gasteiger partial charge in [-0.05, 0) is 6.42 Å². The summed E-state index contributed by atoms with van der Waals surface area (Å²) in [6.45, 7) is 0.699. The molecule has 3 rings (SSSR count). The van der Waals surface area contributed by atoms with Crippen molar-refractivity contribution in [1.29, 1.82) is 0 Å². The van der Waals surface area contributed by atoms with E-state index in [1.165, 1.54) is 0 Å². The van der Waals surface area contributed by atoms with E-state index >= 15 is 0 Å². The molecular formula is C17H27N7O. The standard InChI is InChI=1S/C17H27N7O/c1-21(2)17-20-11-12(23(17)4)10-19-13-6-7-14(25)24(5)15(13)16-18-8-9-22(16)3/h8-9,11,13,15,19H,6-7,10H2,1-5H3/t13-,15-/m1/s1. The topological polar surface area (TPSA) is 71.2 Å². The predicted octanol–water partition coefficient (Wildman–Crippen LogP) is 0.671. The third kappa shape index (κ3) is 3.26. The van der Waals surface area contributed by atoms with E-state index in [0.717, 1.165) is 23.9 Å². The molecule has 0 saturated carbocycles. The lowest BCUT2D eigenvalue weighted by molar-refractivity contribution is -0.136. The molecule has 0 unspecified atom stereocenters. The molecule has 3 heterocycles. The van der Waals surface area contributed by atoms with Gasteiger partial charge in [-0.25, -0.2) is 9.97 Å². The number of rotatable bonds is 5. The molecule has 1 aliphatic heterocycles. The van der Waals surface area contributed by atoms with Crippen molar-refractivity contribution in [3.63, 3.8) is 0 Å². The second-order valence-corrected chi connectivity index (χ2v) is 6.87. The SMILES string of the molecule is CN(C)c1ncc(CN[C@@H]2CCC(=O)N(C)[C@H]2c2nccn2C)n1C. The lowest BCUT2D eigenvalue weighted by atomic mass is 9.95. The maximum absolute atomic E-state index is 12.2. The van der Waals surface area contributed by atoms with Gasteiger partial charge in [0, 0.05) is 66.6 Å². The summed E-state index contributed by atoms with van der Waals surface area (Å²) in [7, 11) is 9.82. The zero-order chi connectivity index (χ0) is 18.1. The average Bonchev–Trinajstić information content (AvgIpc) is 3.14. The largest absolute Gasteiger partial charge is 0.348 e. The number of nitrogens with one attached hydrogen (secondary N) is 1. The van der Waals surface area contributed by atoms with Gasteiger partial charge in [0.25, 0.3) is 0 Å². The van der Waals surface area contributed by atoms with Crippen molar-refractivity contribution in [3.8, 4) is 0 Å². The molecule has 0 aromatic carbocycles. The fourth-order valence-electron chi connectivity index (χ4n) is 3.52. The lowest BCUT2D eigenvalue weighted by Crippen LogP contribution is -2.49. The van der Waals surface area contributed by atoms with E-state index < -0.39 is 0 Å². The normalized spacial score (nSPS) is 21.0. The van der Waals surface area contributed by atoms with Crippen molar-refractivity contribution < 1.29 is 4.79 Å². The van der Waals surface area contributed by atoms with E-state index in [0.29, 0.717) is 13.0 Å². The zero-order valence-corrected chi connectivity index (χ0v) is 15.6. The van der Waals surface area contributed by atoms with Crippen LogP contribution in [-0.2, 0) is 25.4 Å². The summed E-state index contributed by atoms with van der Waals surface area (Å²) in [5.74, 6) is 2.00. The van der Waals surface area contributed by atoms with Crippen LogP contribution < -0.4 is 10.2 Å². The first-order valence-electron chi connectivity index (χ1n) is 8.54. The van der Waals surface area contributed by atoms with Gasteiger partial charge in [-0.1, -0.05) is 0 Å². The molecule has 0 aliphatic carbocycles. The van der Waals surface area contributed by atoms with Gasteiger partial charge < -0.3 is 24.3 Å². The monoisotopic (exact) mass is 345 g/mol. The third-order valence-electron chi connectivity index (χ3n) is 4.99. The molecule has 0 radical (unpaired) electrons. The second kappa shape index (κ2) is 6.87. The summed E-state index contributed by atoms with van der Waals surface area (Å²) in [6, 6.07) is 0.0873. The zero-order valence-electron chi connectivity index (χ0n) is 15.6. The van der Waals surface area contributed by atoms with Crippen LogP contribution in [0.5, 0.6) is 0 Å². The maximum atomic E-state index is 12.2. The van der Waals surface area contributed by atoms with Crippen molar-refractivity contribution in [2.75, 3.05) is 26.0 Å². The maximum Gasteiger partial charge on any atom is 0.223 e. The highest BCUT2D eigenvalue weighted by Gasteiger charge is 2.36. The summed E-state index contributed by atoms with van der Waals surface area (Å²) < 4.78 is 4.07. The minimum atomic E-state index is -0.0669. The number of anilines is 1. The number of imidazole rings is 2. The Morgan fingerprint density at radius 1 is 1.28 bits per heavy atom. The Labute approximate surface area is 148 Å². The number of piperidine rings is 1. The fraction of sp³-hybridized carbons (Fsp3) is 0.588.